The van der Waals surface area contributed by atoms with E-state index in [-0.39, 0.29) is 5.91 Å². The summed E-state index contributed by atoms with van der Waals surface area (Å²) in [5.41, 5.74) is 2.04. The van der Waals surface area contributed by atoms with Crippen molar-refractivity contribution in [2.24, 2.45) is 11.8 Å². The summed E-state index contributed by atoms with van der Waals surface area (Å²) in [4.78, 5) is 25.9. The molecule has 4 heterocycles. The number of carbonyl (C=O) groups excluding carboxylic acids is 1. The Morgan fingerprint density at radius 3 is 2.39 bits per heavy atom. The minimum absolute atomic E-state index is 0.0621. The molecule has 0 fully saturated rings. The van der Waals surface area contributed by atoms with Gasteiger partial charge in [-0.05, 0) is 41.5 Å². The largest absolute Gasteiger partial charge is 0.337 e. The van der Waals surface area contributed by atoms with Crippen molar-refractivity contribution in [1.82, 2.24) is 24.6 Å². The summed E-state index contributed by atoms with van der Waals surface area (Å²) in [6, 6.07) is 11.7. The SMILES string of the molecule is CC(C)CN(CC(C)C)C(=O)c1nn(-c2ccccn2)c2nccc(-c3cccs3)c12. The molecular formula is C24H27N5OS. The Bertz CT molecular complexity index is 1160. The van der Waals surface area contributed by atoms with Crippen LogP contribution in [0.2, 0.25) is 0 Å². The Morgan fingerprint density at radius 1 is 1.00 bits per heavy atom. The van der Waals surface area contributed by atoms with Gasteiger partial charge in [0.15, 0.2) is 17.2 Å². The zero-order chi connectivity index (χ0) is 22.0. The highest BCUT2D eigenvalue weighted by Gasteiger charge is 2.27. The third-order valence-electron chi connectivity index (χ3n) is 4.88. The molecule has 0 unspecified atom stereocenters. The van der Waals surface area contributed by atoms with Gasteiger partial charge in [-0.15, -0.1) is 11.3 Å². The third kappa shape index (κ3) is 4.37. The number of amides is 1. The van der Waals surface area contributed by atoms with Gasteiger partial charge in [0.05, 0.1) is 5.39 Å². The van der Waals surface area contributed by atoms with E-state index in [2.05, 4.69) is 43.7 Å². The normalized spacial score (nSPS) is 11.5. The Balaban J connectivity index is 1.94. The number of nitrogens with zero attached hydrogens (tertiary/aromatic N) is 5. The molecule has 160 valence electrons. The van der Waals surface area contributed by atoms with Crippen molar-refractivity contribution in [2.45, 2.75) is 27.7 Å². The number of rotatable bonds is 7. The zero-order valence-corrected chi connectivity index (χ0v) is 19.1. The van der Waals surface area contributed by atoms with Crippen molar-refractivity contribution in [3.8, 4) is 16.3 Å². The van der Waals surface area contributed by atoms with Gasteiger partial charge in [0.25, 0.3) is 5.91 Å². The molecule has 1 amide bonds. The second-order valence-electron chi connectivity index (χ2n) is 8.48. The van der Waals surface area contributed by atoms with Crippen LogP contribution in [-0.4, -0.2) is 43.6 Å². The zero-order valence-electron chi connectivity index (χ0n) is 18.3. The molecule has 6 nitrogen and oxygen atoms in total. The Kier molecular flexibility index (Phi) is 6.13. The van der Waals surface area contributed by atoms with E-state index >= 15 is 0 Å². The van der Waals surface area contributed by atoms with E-state index in [1.54, 1.807) is 28.4 Å². The fourth-order valence-electron chi connectivity index (χ4n) is 3.74. The van der Waals surface area contributed by atoms with Crippen LogP contribution in [-0.2, 0) is 0 Å². The molecule has 0 aromatic carbocycles. The molecule has 0 bridgehead atoms. The van der Waals surface area contributed by atoms with Gasteiger partial charge in [-0.1, -0.05) is 39.8 Å². The molecule has 0 aliphatic carbocycles. The predicted molar refractivity (Wildman–Crippen MR) is 126 cm³/mol. The van der Waals surface area contributed by atoms with Gasteiger partial charge in [-0.25, -0.2) is 9.97 Å². The first-order valence-corrected chi connectivity index (χ1v) is 11.5. The average molecular weight is 434 g/mol. The summed E-state index contributed by atoms with van der Waals surface area (Å²) in [6.07, 6.45) is 3.49. The smallest absolute Gasteiger partial charge is 0.275 e. The highest BCUT2D eigenvalue weighted by molar-refractivity contribution is 7.13. The average Bonchev–Trinajstić information content (AvgIpc) is 3.41. The number of pyridine rings is 2. The Hall–Kier alpha value is -3.06. The van der Waals surface area contributed by atoms with Gasteiger partial charge in [-0.3, -0.25) is 4.79 Å². The van der Waals surface area contributed by atoms with E-state index in [0.717, 1.165) is 15.8 Å². The van der Waals surface area contributed by atoms with Gasteiger partial charge >= 0.3 is 0 Å². The summed E-state index contributed by atoms with van der Waals surface area (Å²) >= 11 is 1.64. The molecule has 0 radical (unpaired) electrons. The summed E-state index contributed by atoms with van der Waals surface area (Å²) in [6.45, 7) is 9.88. The lowest BCUT2D eigenvalue weighted by molar-refractivity contribution is 0.0710. The van der Waals surface area contributed by atoms with Crippen LogP contribution < -0.4 is 0 Å². The van der Waals surface area contributed by atoms with Gasteiger partial charge in [-0.2, -0.15) is 9.78 Å². The lowest BCUT2D eigenvalue weighted by Gasteiger charge is -2.25. The van der Waals surface area contributed by atoms with E-state index < -0.39 is 0 Å². The lowest BCUT2D eigenvalue weighted by atomic mass is 10.1. The minimum Gasteiger partial charge on any atom is -0.337 e. The topological polar surface area (TPSA) is 63.9 Å². The predicted octanol–water partition coefficient (Wildman–Crippen LogP) is 5.30. The van der Waals surface area contributed by atoms with E-state index in [4.69, 9.17) is 5.10 Å². The van der Waals surface area contributed by atoms with Crippen LogP contribution in [0.5, 0.6) is 0 Å². The minimum atomic E-state index is -0.0621. The van der Waals surface area contributed by atoms with Crippen molar-refractivity contribution < 1.29 is 4.79 Å². The highest BCUT2D eigenvalue weighted by atomic mass is 32.1. The monoisotopic (exact) mass is 433 g/mol. The molecule has 4 rings (SSSR count). The third-order valence-corrected chi connectivity index (χ3v) is 5.79. The molecular weight excluding hydrogens is 406 g/mol. The number of hydrogen-bond acceptors (Lipinski definition) is 5. The van der Waals surface area contributed by atoms with Crippen LogP contribution in [0.1, 0.15) is 38.2 Å². The van der Waals surface area contributed by atoms with Gasteiger partial charge in [0.2, 0.25) is 0 Å². The molecule has 4 aromatic rings. The van der Waals surface area contributed by atoms with E-state index in [1.807, 2.05) is 40.6 Å². The van der Waals surface area contributed by atoms with Crippen LogP contribution in [0.15, 0.2) is 54.2 Å². The number of hydrogen-bond donors (Lipinski definition) is 0. The van der Waals surface area contributed by atoms with Crippen molar-refractivity contribution in [1.29, 1.82) is 0 Å². The maximum atomic E-state index is 13.8. The van der Waals surface area contributed by atoms with Crippen LogP contribution in [0.3, 0.4) is 0 Å². The molecule has 4 aromatic heterocycles. The molecule has 0 saturated heterocycles. The van der Waals surface area contributed by atoms with Crippen molar-refractivity contribution >= 4 is 28.3 Å². The lowest BCUT2D eigenvalue weighted by Crippen LogP contribution is -2.37. The van der Waals surface area contributed by atoms with E-state index in [1.165, 1.54) is 0 Å². The van der Waals surface area contributed by atoms with Gasteiger partial charge < -0.3 is 4.90 Å². The quantitative estimate of drug-likeness (QED) is 0.397. The second-order valence-corrected chi connectivity index (χ2v) is 9.43. The number of fused-ring (bicyclic) bond motifs is 1. The molecule has 0 spiro atoms. The first-order chi connectivity index (χ1) is 15.0. The van der Waals surface area contributed by atoms with Crippen molar-refractivity contribution in [3.05, 3.63) is 59.9 Å². The van der Waals surface area contributed by atoms with E-state index in [0.29, 0.717) is 42.1 Å². The molecule has 0 N–H and O–H groups in total. The highest BCUT2D eigenvalue weighted by Crippen LogP contribution is 2.34. The number of thiophene rings is 1. The maximum absolute atomic E-state index is 13.8. The number of carbonyl (C=O) groups is 1. The first-order valence-electron chi connectivity index (χ1n) is 10.6. The molecule has 0 atom stereocenters. The van der Waals surface area contributed by atoms with Gasteiger partial charge in [0, 0.05) is 35.9 Å². The number of aromatic nitrogens is 4. The van der Waals surface area contributed by atoms with Crippen LogP contribution in [0.4, 0.5) is 0 Å². The molecule has 7 heteroatoms. The van der Waals surface area contributed by atoms with Crippen molar-refractivity contribution in [3.63, 3.8) is 0 Å². The molecule has 0 saturated carbocycles. The maximum Gasteiger partial charge on any atom is 0.275 e. The van der Waals surface area contributed by atoms with Crippen LogP contribution >= 0.6 is 11.3 Å². The van der Waals surface area contributed by atoms with Gasteiger partial charge in [0.1, 0.15) is 0 Å². The fourth-order valence-corrected chi connectivity index (χ4v) is 4.50. The summed E-state index contributed by atoms with van der Waals surface area (Å²) < 4.78 is 1.68. The Labute approximate surface area is 186 Å². The van der Waals surface area contributed by atoms with Crippen LogP contribution in [0, 0.1) is 11.8 Å². The summed E-state index contributed by atoms with van der Waals surface area (Å²) in [5.74, 6) is 1.30. The van der Waals surface area contributed by atoms with Crippen molar-refractivity contribution in [2.75, 3.05) is 13.1 Å². The summed E-state index contributed by atoms with van der Waals surface area (Å²) in [5, 5.41) is 7.58. The second kappa shape index (κ2) is 8.98. The van der Waals surface area contributed by atoms with E-state index in [9.17, 15) is 4.79 Å². The standard InChI is InChI=1S/C24H27N5OS/c1-16(2)14-28(15-17(3)4)24(30)22-21-18(19-8-7-13-31-19)10-12-26-23(21)29(27-22)20-9-5-6-11-25-20/h5-13,16-17H,14-15H2,1-4H3. The van der Waals surface area contributed by atoms with Crippen LogP contribution in [0.25, 0.3) is 27.3 Å². The Morgan fingerprint density at radius 2 is 1.77 bits per heavy atom. The molecule has 0 aliphatic rings. The summed E-state index contributed by atoms with van der Waals surface area (Å²) in [7, 11) is 0. The molecule has 31 heavy (non-hydrogen) atoms. The first kappa shape index (κ1) is 21.2. The molecule has 0 aliphatic heterocycles. The fraction of sp³-hybridized carbons (Fsp3) is 0.333.